The van der Waals surface area contributed by atoms with E-state index in [1.807, 2.05) is 6.07 Å². The Morgan fingerprint density at radius 2 is 2.36 bits per heavy atom. The first kappa shape index (κ1) is 8.96. The molecule has 0 radical (unpaired) electrons. The summed E-state index contributed by atoms with van der Waals surface area (Å²) in [6.45, 7) is 0.892. The quantitative estimate of drug-likeness (QED) is 0.446. The van der Waals surface area contributed by atoms with Crippen molar-refractivity contribution in [3.05, 3.63) is 33.9 Å². The summed E-state index contributed by atoms with van der Waals surface area (Å²) in [5, 5.41) is 13.8. The fraction of sp³-hybridized carbons (Fsp3) is 0.333. The van der Waals surface area contributed by atoms with Crippen LogP contribution in [0.1, 0.15) is 11.6 Å². The van der Waals surface area contributed by atoms with E-state index in [0.29, 0.717) is 5.75 Å². The van der Waals surface area contributed by atoms with Crippen LogP contribution in [0.5, 0.6) is 5.75 Å². The third-order valence-corrected chi connectivity index (χ3v) is 2.21. The van der Waals surface area contributed by atoms with Gasteiger partial charge in [-0.1, -0.05) is 6.07 Å². The van der Waals surface area contributed by atoms with Crippen LogP contribution in [0.25, 0.3) is 0 Å². The second kappa shape index (κ2) is 3.26. The van der Waals surface area contributed by atoms with E-state index in [0.717, 1.165) is 12.1 Å². The Morgan fingerprint density at radius 1 is 1.64 bits per heavy atom. The first-order valence-electron chi connectivity index (χ1n) is 4.28. The number of nitrogens with one attached hydrogen (secondary N) is 1. The number of nitrogens with zero attached hydrogens (tertiary/aromatic N) is 1. The summed E-state index contributed by atoms with van der Waals surface area (Å²) in [4.78, 5) is 10.3. The maximum atomic E-state index is 10.7. The van der Waals surface area contributed by atoms with E-state index in [1.165, 1.54) is 7.11 Å². The fourth-order valence-corrected chi connectivity index (χ4v) is 1.36. The van der Waals surface area contributed by atoms with Gasteiger partial charge in [-0.15, -0.1) is 0 Å². The van der Waals surface area contributed by atoms with Crippen LogP contribution in [0.15, 0.2) is 18.2 Å². The molecular weight excluding hydrogens is 184 g/mol. The largest absolute Gasteiger partial charge is 0.490 e. The minimum atomic E-state index is -0.426. The predicted octanol–water partition coefficient (Wildman–Crippen LogP) is 1.25. The molecule has 5 heteroatoms. The summed E-state index contributed by atoms with van der Waals surface area (Å²) in [5.41, 5.74) is 0.969. The lowest BCUT2D eigenvalue weighted by Gasteiger charge is -2.02. The van der Waals surface area contributed by atoms with Gasteiger partial charge in [-0.25, -0.2) is 0 Å². The Morgan fingerprint density at radius 3 is 2.86 bits per heavy atom. The number of ether oxygens (including phenoxy) is 1. The van der Waals surface area contributed by atoms with Crippen LogP contribution in [0.3, 0.4) is 0 Å². The smallest absolute Gasteiger partial charge is 0.311 e. The van der Waals surface area contributed by atoms with Crippen molar-refractivity contribution in [3.8, 4) is 5.75 Å². The minimum Gasteiger partial charge on any atom is -0.490 e. The molecule has 0 aromatic heterocycles. The Kier molecular flexibility index (Phi) is 2.09. The number of nitro groups is 1. The van der Waals surface area contributed by atoms with Crippen LogP contribution < -0.4 is 10.1 Å². The van der Waals surface area contributed by atoms with Gasteiger partial charge in [-0.3, -0.25) is 10.1 Å². The van der Waals surface area contributed by atoms with Gasteiger partial charge in [0, 0.05) is 18.7 Å². The molecule has 1 aliphatic heterocycles. The van der Waals surface area contributed by atoms with Crippen molar-refractivity contribution in [2.24, 2.45) is 0 Å². The third kappa shape index (κ3) is 1.54. The Labute approximate surface area is 80.8 Å². The Balaban J connectivity index is 2.40. The Bertz CT molecular complexity index is 374. The second-order valence-electron chi connectivity index (χ2n) is 3.15. The molecule has 0 spiro atoms. The molecule has 14 heavy (non-hydrogen) atoms. The van der Waals surface area contributed by atoms with Gasteiger partial charge in [0.1, 0.15) is 0 Å². The van der Waals surface area contributed by atoms with E-state index in [-0.39, 0.29) is 11.7 Å². The van der Waals surface area contributed by atoms with Crippen LogP contribution in [0.4, 0.5) is 5.69 Å². The summed E-state index contributed by atoms with van der Waals surface area (Å²) in [6.07, 6.45) is 0. The summed E-state index contributed by atoms with van der Waals surface area (Å²) >= 11 is 0. The maximum absolute atomic E-state index is 10.7. The monoisotopic (exact) mass is 194 g/mol. The van der Waals surface area contributed by atoms with Crippen molar-refractivity contribution in [1.29, 1.82) is 0 Å². The predicted molar refractivity (Wildman–Crippen MR) is 50.4 cm³/mol. The van der Waals surface area contributed by atoms with E-state index in [2.05, 4.69) is 5.32 Å². The molecule has 0 amide bonds. The minimum absolute atomic E-state index is 0.0266. The summed E-state index contributed by atoms with van der Waals surface area (Å²) in [5.74, 6) is 0.305. The first-order valence-corrected chi connectivity index (χ1v) is 4.28. The van der Waals surface area contributed by atoms with Crippen molar-refractivity contribution in [1.82, 2.24) is 5.32 Å². The molecule has 2 rings (SSSR count). The maximum Gasteiger partial charge on any atom is 0.311 e. The molecule has 1 aromatic carbocycles. The highest BCUT2D eigenvalue weighted by Gasteiger charge is 2.25. The molecule has 1 heterocycles. The molecule has 1 aliphatic rings. The number of benzene rings is 1. The lowest BCUT2D eigenvalue weighted by atomic mass is 10.1. The molecular formula is C9H10N2O3. The molecule has 0 saturated carbocycles. The van der Waals surface area contributed by atoms with Gasteiger partial charge in [0.2, 0.25) is 0 Å². The average Bonchev–Trinajstić information content (AvgIpc) is 3.00. The number of rotatable bonds is 3. The van der Waals surface area contributed by atoms with Crippen LogP contribution in [-0.2, 0) is 0 Å². The van der Waals surface area contributed by atoms with Gasteiger partial charge in [-0.2, -0.15) is 0 Å². The van der Waals surface area contributed by atoms with Crippen molar-refractivity contribution in [3.63, 3.8) is 0 Å². The van der Waals surface area contributed by atoms with Gasteiger partial charge < -0.3 is 10.1 Å². The summed E-state index contributed by atoms with van der Waals surface area (Å²) < 4.78 is 4.90. The van der Waals surface area contributed by atoms with Crippen molar-refractivity contribution < 1.29 is 9.66 Å². The molecule has 1 N–H and O–H groups in total. The lowest BCUT2D eigenvalue weighted by molar-refractivity contribution is -0.385. The third-order valence-electron chi connectivity index (χ3n) is 2.21. The number of methoxy groups -OCH3 is 1. The van der Waals surface area contributed by atoms with Gasteiger partial charge in [-0.05, 0) is 11.6 Å². The summed E-state index contributed by atoms with van der Waals surface area (Å²) in [6, 6.07) is 5.31. The molecule has 5 nitrogen and oxygen atoms in total. The fourth-order valence-electron chi connectivity index (χ4n) is 1.36. The zero-order chi connectivity index (χ0) is 10.1. The van der Waals surface area contributed by atoms with Crippen LogP contribution in [-0.4, -0.2) is 18.6 Å². The van der Waals surface area contributed by atoms with Crippen molar-refractivity contribution in [2.75, 3.05) is 13.7 Å². The molecule has 74 valence electrons. The van der Waals surface area contributed by atoms with Crippen LogP contribution in [0, 0.1) is 10.1 Å². The van der Waals surface area contributed by atoms with Crippen LogP contribution in [0.2, 0.25) is 0 Å². The standard InChI is InChI=1S/C9H10N2O3/c1-14-9-3-2-6(7-5-10-7)4-8(9)11(12)13/h2-4,7,10H,5H2,1H3/t7-/m1/s1. The molecule has 0 unspecified atom stereocenters. The topological polar surface area (TPSA) is 74.3 Å². The Hall–Kier alpha value is -1.62. The van der Waals surface area contributed by atoms with Crippen molar-refractivity contribution >= 4 is 5.69 Å². The van der Waals surface area contributed by atoms with Crippen LogP contribution >= 0.6 is 0 Å². The molecule has 1 saturated heterocycles. The number of hydrogen-bond donors (Lipinski definition) is 1. The van der Waals surface area contributed by atoms with Gasteiger partial charge in [0.15, 0.2) is 5.75 Å². The van der Waals surface area contributed by atoms with Gasteiger partial charge in [0.05, 0.1) is 12.0 Å². The molecule has 0 bridgehead atoms. The highest BCUT2D eigenvalue weighted by molar-refractivity contribution is 5.50. The lowest BCUT2D eigenvalue weighted by Crippen LogP contribution is -1.95. The number of nitro benzene ring substituents is 1. The normalized spacial score (nSPS) is 19.1. The SMILES string of the molecule is COc1ccc([C@H]2CN2)cc1[N+](=O)[O-]. The van der Waals surface area contributed by atoms with Crippen molar-refractivity contribution in [2.45, 2.75) is 6.04 Å². The average molecular weight is 194 g/mol. The zero-order valence-corrected chi connectivity index (χ0v) is 7.69. The van der Waals surface area contributed by atoms with E-state index >= 15 is 0 Å². The van der Waals surface area contributed by atoms with E-state index in [9.17, 15) is 10.1 Å². The zero-order valence-electron chi connectivity index (χ0n) is 7.69. The molecule has 0 aliphatic carbocycles. The number of hydrogen-bond acceptors (Lipinski definition) is 4. The second-order valence-corrected chi connectivity index (χ2v) is 3.15. The molecule has 1 atom stereocenters. The van der Waals surface area contributed by atoms with E-state index < -0.39 is 4.92 Å². The highest BCUT2D eigenvalue weighted by Crippen LogP contribution is 2.32. The summed E-state index contributed by atoms with van der Waals surface area (Å²) in [7, 11) is 1.43. The van der Waals surface area contributed by atoms with E-state index in [1.54, 1.807) is 12.1 Å². The highest BCUT2D eigenvalue weighted by atomic mass is 16.6. The molecule has 1 aromatic rings. The van der Waals surface area contributed by atoms with E-state index in [4.69, 9.17) is 4.74 Å². The van der Waals surface area contributed by atoms with Gasteiger partial charge >= 0.3 is 5.69 Å². The molecule has 1 fully saturated rings. The van der Waals surface area contributed by atoms with Gasteiger partial charge in [0.25, 0.3) is 0 Å². The first-order chi connectivity index (χ1) is 6.72.